The Morgan fingerprint density at radius 2 is 1.83 bits per heavy atom. The largest absolute Gasteiger partial charge is 0.395 e. The van der Waals surface area contributed by atoms with Gasteiger partial charge >= 0.3 is 0 Å². The quantitative estimate of drug-likeness (QED) is 0.797. The van der Waals surface area contributed by atoms with Crippen LogP contribution in [0.4, 0.5) is 0 Å². The molecule has 132 valence electrons. The van der Waals surface area contributed by atoms with E-state index in [-0.39, 0.29) is 28.6 Å². The van der Waals surface area contributed by atoms with Gasteiger partial charge in [0.25, 0.3) is 0 Å². The first-order valence-corrected chi connectivity index (χ1v) is 9.64. The van der Waals surface area contributed by atoms with Crippen LogP contribution in [0.2, 0.25) is 0 Å². The topological polar surface area (TPSA) is 54.4 Å². The smallest absolute Gasteiger partial charge is 0.161 e. The van der Waals surface area contributed by atoms with E-state index in [1.165, 1.54) is 5.57 Å². The lowest BCUT2D eigenvalue weighted by molar-refractivity contribution is -0.137. The van der Waals surface area contributed by atoms with Gasteiger partial charge in [-0.05, 0) is 62.4 Å². The van der Waals surface area contributed by atoms with E-state index in [1.807, 2.05) is 19.9 Å². The van der Waals surface area contributed by atoms with Gasteiger partial charge in [0, 0.05) is 22.7 Å². The number of rotatable bonds is 1. The van der Waals surface area contributed by atoms with Crippen LogP contribution >= 0.6 is 0 Å². The van der Waals surface area contributed by atoms with Crippen molar-refractivity contribution in [1.82, 2.24) is 0 Å². The number of ketones is 2. The molecule has 0 unspecified atom stereocenters. The van der Waals surface area contributed by atoms with Crippen LogP contribution in [-0.4, -0.2) is 23.3 Å². The highest BCUT2D eigenvalue weighted by Gasteiger charge is 2.61. The van der Waals surface area contributed by atoms with Crippen molar-refractivity contribution in [3.8, 4) is 0 Å². The third-order valence-corrected chi connectivity index (χ3v) is 8.25. The van der Waals surface area contributed by atoms with Crippen LogP contribution in [0.1, 0.15) is 65.7 Å². The van der Waals surface area contributed by atoms with Gasteiger partial charge < -0.3 is 5.11 Å². The fourth-order valence-corrected chi connectivity index (χ4v) is 6.92. The molecule has 0 amide bonds. The summed E-state index contributed by atoms with van der Waals surface area (Å²) in [7, 11) is 0. The molecule has 4 rings (SSSR count). The van der Waals surface area contributed by atoms with E-state index in [9.17, 15) is 14.7 Å². The fourth-order valence-electron chi connectivity index (χ4n) is 6.92. The molecule has 0 aliphatic heterocycles. The van der Waals surface area contributed by atoms with Crippen molar-refractivity contribution < 1.29 is 14.7 Å². The normalized spacial score (nSPS) is 46.8. The highest BCUT2D eigenvalue weighted by Crippen LogP contribution is 2.65. The minimum absolute atomic E-state index is 0.126. The minimum Gasteiger partial charge on any atom is -0.395 e. The third kappa shape index (κ3) is 1.94. The first-order chi connectivity index (χ1) is 11.2. The van der Waals surface area contributed by atoms with Crippen LogP contribution in [0.25, 0.3) is 0 Å². The van der Waals surface area contributed by atoms with Gasteiger partial charge in [-0.2, -0.15) is 0 Å². The van der Waals surface area contributed by atoms with Gasteiger partial charge in [-0.25, -0.2) is 0 Å². The Morgan fingerprint density at radius 3 is 2.54 bits per heavy atom. The first-order valence-electron chi connectivity index (χ1n) is 9.64. The van der Waals surface area contributed by atoms with Crippen LogP contribution in [0.15, 0.2) is 11.6 Å². The second-order valence-corrected chi connectivity index (χ2v) is 9.74. The molecule has 0 bridgehead atoms. The molecule has 24 heavy (non-hydrogen) atoms. The summed E-state index contributed by atoms with van der Waals surface area (Å²) in [6, 6.07) is 0. The zero-order valence-corrected chi connectivity index (χ0v) is 15.2. The van der Waals surface area contributed by atoms with Gasteiger partial charge in [0.15, 0.2) is 5.78 Å². The number of fused-ring (bicyclic) bond motifs is 5. The molecular formula is C21H30O3. The standard InChI is InChI=1S/C21H30O3/c1-19(2)11-21(12-22)13(10-18(19)24)4-5-14-15-6-7-17(23)20(15,3)9-8-16(14)21/h10,14-16,22H,4-9,11-12H2,1-3H3/t14-,15-,16-,20-,21+/m0/s1. The van der Waals surface area contributed by atoms with Gasteiger partial charge in [-0.1, -0.05) is 26.3 Å². The molecule has 0 spiro atoms. The Bertz CT molecular complexity index is 631. The second-order valence-electron chi connectivity index (χ2n) is 9.74. The van der Waals surface area contributed by atoms with Crippen molar-refractivity contribution in [2.45, 2.75) is 65.7 Å². The first kappa shape index (κ1) is 16.5. The molecule has 4 aliphatic carbocycles. The van der Waals surface area contributed by atoms with Crippen LogP contribution in [0.3, 0.4) is 0 Å². The van der Waals surface area contributed by atoms with E-state index < -0.39 is 0 Å². The zero-order valence-electron chi connectivity index (χ0n) is 15.2. The van der Waals surface area contributed by atoms with Crippen LogP contribution in [-0.2, 0) is 9.59 Å². The van der Waals surface area contributed by atoms with Crippen molar-refractivity contribution in [2.75, 3.05) is 6.61 Å². The number of aliphatic hydroxyl groups is 1. The molecule has 3 saturated carbocycles. The molecule has 0 aromatic carbocycles. The maximum atomic E-state index is 12.5. The van der Waals surface area contributed by atoms with Gasteiger partial charge in [0.1, 0.15) is 5.78 Å². The molecule has 1 N–H and O–H groups in total. The Morgan fingerprint density at radius 1 is 1.08 bits per heavy atom. The SMILES string of the molecule is CC1(C)C[C@@]2(CO)C(=CC1=O)CC[C@@H]1[C@@H]2CC[C@]2(C)C(=O)CC[C@@H]12. The van der Waals surface area contributed by atoms with E-state index in [0.717, 1.165) is 44.9 Å². The van der Waals surface area contributed by atoms with E-state index in [1.54, 1.807) is 0 Å². The van der Waals surface area contributed by atoms with Gasteiger partial charge in [-0.3, -0.25) is 9.59 Å². The molecule has 5 atom stereocenters. The van der Waals surface area contributed by atoms with Crippen molar-refractivity contribution in [2.24, 2.45) is 34.0 Å². The summed E-state index contributed by atoms with van der Waals surface area (Å²) in [4.78, 5) is 24.9. The Kier molecular flexibility index (Phi) is 3.46. The lowest BCUT2D eigenvalue weighted by atomic mass is 9.45. The van der Waals surface area contributed by atoms with Crippen LogP contribution in [0.5, 0.6) is 0 Å². The number of Topliss-reactive ketones (excluding diaryl/α,β-unsaturated/α-hetero) is 1. The Labute approximate surface area is 144 Å². The highest BCUT2D eigenvalue weighted by atomic mass is 16.3. The lowest BCUT2D eigenvalue weighted by Crippen LogP contribution is -2.55. The summed E-state index contributed by atoms with van der Waals surface area (Å²) < 4.78 is 0. The zero-order chi connectivity index (χ0) is 17.3. The summed E-state index contributed by atoms with van der Waals surface area (Å²) in [5.41, 5.74) is 0.454. The molecule has 0 radical (unpaired) electrons. The lowest BCUT2D eigenvalue weighted by Gasteiger charge is -2.59. The molecular weight excluding hydrogens is 300 g/mol. The number of carbonyl (C=O) groups is 2. The minimum atomic E-state index is -0.389. The highest BCUT2D eigenvalue weighted by molar-refractivity contribution is 5.96. The van der Waals surface area contributed by atoms with Gasteiger partial charge in [0.2, 0.25) is 0 Å². The molecule has 4 aliphatic rings. The summed E-state index contributed by atoms with van der Waals surface area (Å²) >= 11 is 0. The van der Waals surface area contributed by atoms with Gasteiger partial charge in [0.05, 0.1) is 6.61 Å². The molecule has 3 nitrogen and oxygen atoms in total. The summed E-state index contributed by atoms with van der Waals surface area (Å²) in [5.74, 6) is 2.12. The van der Waals surface area contributed by atoms with E-state index in [0.29, 0.717) is 23.5 Å². The van der Waals surface area contributed by atoms with E-state index in [4.69, 9.17) is 0 Å². The number of carbonyl (C=O) groups excluding carboxylic acids is 2. The predicted octanol–water partition coefficient (Wildman–Crippen LogP) is 3.70. The van der Waals surface area contributed by atoms with E-state index in [2.05, 4.69) is 6.92 Å². The van der Waals surface area contributed by atoms with Crippen molar-refractivity contribution >= 4 is 11.6 Å². The van der Waals surface area contributed by atoms with Crippen molar-refractivity contribution in [3.63, 3.8) is 0 Å². The fraction of sp³-hybridized carbons (Fsp3) is 0.810. The van der Waals surface area contributed by atoms with Crippen LogP contribution in [0, 0.1) is 34.0 Å². The number of hydrogen-bond acceptors (Lipinski definition) is 3. The molecule has 3 heteroatoms. The Hall–Kier alpha value is -0.960. The maximum Gasteiger partial charge on any atom is 0.161 e. The summed E-state index contributed by atoms with van der Waals surface area (Å²) in [5, 5.41) is 10.5. The molecule has 0 heterocycles. The molecule has 0 aromatic rings. The van der Waals surface area contributed by atoms with E-state index >= 15 is 0 Å². The Balaban J connectivity index is 1.76. The number of hydrogen-bond donors (Lipinski definition) is 1. The monoisotopic (exact) mass is 330 g/mol. The summed E-state index contributed by atoms with van der Waals surface area (Å²) in [6.45, 7) is 6.38. The van der Waals surface area contributed by atoms with Crippen LogP contribution < -0.4 is 0 Å². The molecule has 0 saturated heterocycles. The average Bonchev–Trinajstić information content (AvgIpc) is 2.84. The van der Waals surface area contributed by atoms with Crippen molar-refractivity contribution in [1.29, 1.82) is 0 Å². The predicted molar refractivity (Wildman–Crippen MR) is 92.3 cm³/mol. The molecule has 3 fully saturated rings. The summed E-state index contributed by atoms with van der Waals surface area (Å²) in [6.07, 6.45) is 8.38. The average molecular weight is 330 g/mol. The van der Waals surface area contributed by atoms with Crippen molar-refractivity contribution in [3.05, 3.63) is 11.6 Å². The molecule has 0 aromatic heterocycles. The number of aliphatic hydroxyl groups excluding tert-OH is 1. The van der Waals surface area contributed by atoms with Gasteiger partial charge in [-0.15, -0.1) is 0 Å². The maximum absolute atomic E-state index is 12.5. The third-order valence-electron chi connectivity index (χ3n) is 8.25. The second kappa shape index (κ2) is 5.03.